The standard InChI is InChI=1S/C20H31N3O2.ClH/c1-4-6-14(2)23-12-16-7-5-8-17(13-23)20(16,25-3)15-9-10-22-18(11-15)19(21)24;/h9-11,14,16-17H,4-8,12-13H2,1-3H3,(H2,21,24);1H. The van der Waals surface area contributed by atoms with Gasteiger partial charge < -0.3 is 10.5 Å². The van der Waals surface area contributed by atoms with Crippen LogP contribution in [-0.2, 0) is 10.3 Å². The summed E-state index contributed by atoms with van der Waals surface area (Å²) < 4.78 is 6.25. The Morgan fingerprint density at radius 2 is 2.08 bits per heavy atom. The lowest BCUT2D eigenvalue weighted by molar-refractivity contribution is -0.173. The van der Waals surface area contributed by atoms with Gasteiger partial charge in [-0.05, 0) is 43.9 Å². The third-order valence-corrected chi connectivity index (χ3v) is 6.36. The molecule has 5 nitrogen and oxygen atoms in total. The fourth-order valence-electron chi connectivity index (χ4n) is 5.16. The van der Waals surface area contributed by atoms with Crippen molar-refractivity contribution in [2.75, 3.05) is 20.2 Å². The average molecular weight is 382 g/mol. The van der Waals surface area contributed by atoms with E-state index in [0.29, 0.717) is 23.6 Å². The second-order valence-corrected chi connectivity index (χ2v) is 7.71. The SMILES string of the molecule is CCCC(C)N1CC2CCCC(C1)C2(OC)c1ccnc(C(N)=O)c1.Cl. The first-order chi connectivity index (χ1) is 12.0. The zero-order valence-corrected chi connectivity index (χ0v) is 16.9. The minimum atomic E-state index is -0.479. The van der Waals surface area contributed by atoms with Gasteiger partial charge in [0.1, 0.15) is 11.3 Å². The molecule has 1 saturated heterocycles. The van der Waals surface area contributed by atoms with Crippen LogP contribution in [0.3, 0.4) is 0 Å². The summed E-state index contributed by atoms with van der Waals surface area (Å²) in [5.74, 6) is 0.395. The van der Waals surface area contributed by atoms with E-state index >= 15 is 0 Å². The van der Waals surface area contributed by atoms with Crippen LogP contribution < -0.4 is 5.73 Å². The molecule has 3 unspecified atom stereocenters. The number of rotatable bonds is 6. The van der Waals surface area contributed by atoms with Crippen molar-refractivity contribution in [3.8, 4) is 0 Å². The van der Waals surface area contributed by atoms with Crippen LogP contribution in [0.25, 0.3) is 0 Å². The number of likely N-dealkylation sites (tertiary alicyclic amines) is 1. The fraction of sp³-hybridized carbons (Fsp3) is 0.700. The van der Waals surface area contributed by atoms with E-state index in [1.165, 1.54) is 19.3 Å². The summed E-state index contributed by atoms with van der Waals surface area (Å²) in [5, 5.41) is 0. The number of fused-ring (bicyclic) bond motifs is 2. The molecule has 0 aromatic carbocycles. The lowest BCUT2D eigenvalue weighted by atomic mass is 9.62. The van der Waals surface area contributed by atoms with E-state index in [9.17, 15) is 4.79 Å². The maximum atomic E-state index is 11.6. The maximum absolute atomic E-state index is 11.6. The van der Waals surface area contributed by atoms with E-state index in [4.69, 9.17) is 10.5 Å². The summed E-state index contributed by atoms with van der Waals surface area (Å²) in [6.45, 7) is 6.71. The van der Waals surface area contributed by atoms with E-state index in [-0.39, 0.29) is 18.0 Å². The van der Waals surface area contributed by atoms with Gasteiger partial charge in [-0.15, -0.1) is 12.4 Å². The predicted molar refractivity (Wildman–Crippen MR) is 105 cm³/mol. The van der Waals surface area contributed by atoms with Crippen molar-refractivity contribution < 1.29 is 9.53 Å². The van der Waals surface area contributed by atoms with Gasteiger partial charge in [-0.1, -0.05) is 19.8 Å². The highest BCUT2D eigenvalue weighted by Crippen LogP contribution is 2.51. The zero-order valence-electron chi connectivity index (χ0n) is 16.1. The van der Waals surface area contributed by atoms with E-state index in [1.807, 2.05) is 19.2 Å². The van der Waals surface area contributed by atoms with E-state index in [1.54, 1.807) is 6.20 Å². The van der Waals surface area contributed by atoms with Crippen molar-refractivity contribution in [1.29, 1.82) is 0 Å². The van der Waals surface area contributed by atoms with Crippen molar-refractivity contribution in [3.63, 3.8) is 0 Å². The molecule has 2 N–H and O–H groups in total. The zero-order chi connectivity index (χ0) is 18.0. The summed E-state index contributed by atoms with van der Waals surface area (Å²) in [6, 6.07) is 4.47. The predicted octanol–water partition coefficient (Wildman–Crippen LogP) is 3.36. The van der Waals surface area contributed by atoms with E-state index < -0.39 is 5.91 Å². The Bertz CT molecular complexity index is 611. The summed E-state index contributed by atoms with van der Waals surface area (Å²) in [5.41, 5.74) is 6.53. The first-order valence-electron chi connectivity index (χ1n) is 9.58. The number of pyridine rings is 1. The smallest absolute Gasteiger partial charge is 0.267 e. The molecular formula is C20H32ClN3O2. The minimum absolute atomic E-state index is 0. The molecule has 2 heterocycles. The molecule has 26 heavy (non-hydrogen) atoms. The van der Waals surface area contributed by atoms with Gasteiger partial charge in [-0.3, -0.25) is 14.7 Å². The second kappa shape index (κ2) is 8.68. The molecule has 1 aliphatic heterocycles. The van der Waals surface area contributed by atoms with Gasteiger partial charge in [0.15, 0.2) is 0 Å². The van der Waals surface area contributed by atoms with Crippen molar-refractivity contribution in [1.82, 2.24) is 9.88 Å². The third kappa shape index (κ3) is 3.62. The number of carbonyl (C=O) groups is 1. The number of amides is 1. The summed E-state index contributed by atoms with van der Waals surface area (Å²) in [4.78, 5) is 18.4. The molecule has 146 valence electrons. The van der Waals surface area contributed by atoms with Gasteiger partial charge in [-0.25, -0.2) is 0 Å². The van der Waals surface area contributed by atoms with Crippen molar-refractivity contribution in [2.45, 2.75) is 57.6 Å². The topological polar surface area (TPSA) is 68.4 Å². The highest BCUT2D eigenvalue weighted by molar-refractivity contribution is 5.90. The Labute approximate surface area is 163 Å². The van der Waals surface area contributed by atoms with Crippen molar-refractivity contribution in [2.24, 2.45) is 17.6 Å². The average Bonchev–Trinajstić information content (AvgIpc) is 2.60. The molecule has 1 aromatic heterocycles. The third-order valence-electron chi connectivity index (χ3n) is 6.36. The van der Waals surface area contributed by atoms with Crippen LogP contribution in [0, 0.1) is 11.8 Å². The van der Waals surface area contributed by atoms with Gasteiger partial charge in [0.2, 0.25) is 0 Å². The van der Waals surface area contributed by atoms with Crippen LogP contribution in [0.5, 0.6) is 0 Å². The van der Waals surface area contributed by atoms with Crippen LogP contribution in [0.4, 0.5) is 0 Å². The van der Waals surface area contributed by atoms with E-state index in [0.717, 1.165) is 31.5 Å². The summed E-state index contributed by atoms with van der Waals surface area (Å²) >= 11 is 0. The van der Waals surface area contributed by atoms with Gasteiger partial charge in [0.25, 0.3) is 5.91 Å². The van der Waals surface area contributed by atoms with Gasteiger partial charge in [0.05, 0.1) is 0 Å². The van der Waals surface area contributed by atoms with Crippen molar-refractivity contribution in [3.05, 3.63) is 29.6 Å². The first kappa shape index (κ1) is 21.1. The molecule has 6 heteroatoms. The molecule has 2 bridgehead atoms. The molecule has 2 aliphatic rings. The highest BCUT2D eigenvalue weighted by atomic mass is 35.5. The highest BCUT2D eigenvalue weighted by Gasteiger charge is 2.53. The van der Waals surface area contributed by atoms with Crippen LogP contribution in [-0.4, -0.2) is 42.0 Å². The Morgan fingerprint density at radius 1 is 1.42 bits per heavy atom. The molecule has 1 aliphatic carbocycles. The molecule has 0 radical (unpaired) electrons. The largest absolute Gasteiger partial charge is 0.373 e. The maximum Gasteiger partial charge on any atom is 0.267 e. The van der Waals surface area contributed by atoms with Crippen LogP contribution in [0.15, 0.2) is 18.3 Å². The summed E-state index contributed by atoms with van der Waals surface area (Å²) in [7, 11) is 1.82. The van der Waals surface area contributed by atoms with Gasteiger partial charge >= 0.3 is 0 Å². The molecule has 1 amide bonds. The number of carbonyl (C=O) groups excluding carboxylic acids is 1. The lowest BCUT2D eigenvalue weighted by Crippen LogP contribution is -2.60. The Hall–Kier alpha value is -1.17. The monoisotopic (exact) mass is 381 g/mol. The molecule has 3 atom stereocenters. The van der Waals surface area contributed by atoms with E-state index in [2.05, 4.69) is 23.7 Å². The number of aromatic nitrogens is 1. The fourth-order valence-corrected chi connectivity index (χ4v) is 5.16. The molecule has 1 saturated carbocycles. The summed E-state index contributed by atoms with van der Waals surface area (Å²) in [6.07, 6.45) is 7.72. The van der Waals surface area contributed by atoms with Gasteiger partial charge in [-0.2, -0.15) is 0 Å². The van der Waals surface area contributed by atoms with Crippen LogP contribution in [0.1, 0.15) is 62.0 Å². The van der Waals surface area contributed by atoms with Crippen molar-refractivity contribution >= 4 is 18.3 Å². The lowest BCUT2D eigenvalue weighted by Gasteiger charge is -2.56. The minimum Gasteiger partial charge on any atom is -0.373 e. The molecule has 3 rings (SSSR count). The number of methoxy groups -OCH3 is 1. The Morgan fingerprint density at radius 3 is 2.62 bits per heavy atom. The number of halogens is 1. The number of nitrogens with two attached hydrogens (primary N) is 1. The Kier molecular flexibility index (Phi) is 7.05. The number of hydrogen-bond acceptors (Lipinski definition) is 4. The second-order valence-electron chi connectivity index (χ2n) is 7.71. The van der Waals surface area contributed by atoms with Crippen LogP contribution >= 0.6 is 12.4 Å². The number of nitrogens with zero attached hydrogens (tertiary/aromatic N) is 2. The normalized spacial score (nSPS) is 29.7. The first-order valence-corrected chi connectivity index (χ1v) is 9.58. The quantitative estimate of drug-likeness (QED) is 0.820. The number of hydrogen-bond donors (Lipinski definition) is 1. The number of piperidine rings is 1. The van der Waals surface area contributed by atoms with Crippen LogP contribution in [0.2, 0.25) is 0 Å². The molecular weight excluding hydrogens is 350 g/mol. The number of ether oxygens (including phenoxy) is 1. The number of primary amides is 1. The molecule has 0 spiro atoms. The molecule has 1 aromatic rings. The Balaban J connectivity index is 0.00000243. The van der Waals surface area contributed by atoms with Gasteiger partial charge in [0, 0.05) is 44.3 Å². The molecule has 2 fully saturated rings.